The van der Waals surface area contributed by atoms with Gasteiger partial charge in [0.2, 0.25) is 0 Å². The number of aromatic amines is 1. The van der Waals surface area contributed by atoms with Gasteiger partial charge in [-0.15, -0.1) is 0 Å². The summed E-state index contributed by atoms with van der Waals surface area (Å²) in [5.74, 6) is 0.906. The zero-order chi connectivity index (χ0) is 18.0. The summed E-state index contributed by atoms with van der Waals surface area (Å²) in [6, 6.07) is 9.53. The van der Waals surface area contributed by atoms with Crippen molar-refractivity contribution in [2.75, 3.05) is 19.8 Å². The minimum atomic E-state index is -2.56. The molecule has 0 saturated carbocycles. The molecule has 1 aromatic carbocycles. The molecule has 0 spiro atoms. The van der Waals surface area contributed by atoms with E-state index < -0.39 is 8.80 Å². The molecule has 1 heterocycles. The van der Waals surface area contributed by atoms with Crippen LogP contribution in [0, 0.1) is 0 Å². The van der Waals surface area contributed by atoms with Crippen molar-refractivity contribution in [1.29, 1.82) is 0 Å². The maximum Gasteiger partial charge on any atom is 0.501 e. The number of aryl methyl sites for hydroxylation is 1. The standard InChI is InChI=1S/C18H28N2O3SSi/c1-4-21-25(22-5-2,23-6-3)14-11-16-7-9-17(10-8-16)15-24-18-19-12-13-20-18/h7-10,12-13H,4-6,11,14-15H2,1-3H3,(H,19,20). The fourth-order valence-electron chi connectivity index (χ4n) is 2.58. The molecule has 0 atom stereocenters. The van der Waals surface area contributed by atoms with Gasteiger partial charge in [0.25, 0.3) is 0 Å². The zero-order valence-corrected chi connectivity index (χ0v) is 17.1. The van der Waals surface area contributed by atoms with Crippen LogP contribution in [-0.4, -0.2) is 38.6 Å². The molecule has 2 aromatic rings. The Morgan fingerprint density at radius 3 is 2.08 bits per heavy atom. The van der Waals surface area contributed by atoms with Crippen molar-refractivity contribution in [1.82, 2.24) is 9.97 Å². The molecule has 0 fully saturated rings. The third-order valence-electron chi connectivity index (χ3n) is 3.68. The molecule has 2 rings (SSSR count). The van der Waals surface area contributed by atoms with E-state index in [4.69, 9.17) is 13.3 Å². The van der Waals surface area contributed by atoms with E-state index in [2.05, 4.69) is 34.2 Å². The van der Waals surface area contributed by atoms with Gasteiger partial charge in [-0.05, 0) is 38.3 Å². The molecule has 1 N–H and O–H groups in total. The zero-order valence-electron chi connectivity index (χ0n) is 15.3. The van der Waals surface area contributed by atoms with Crippen LogP contribution in [0.3, 0.4) is 0 Å². The van der Waals surface area contributed by atoms with Crippen molar-refractivity contribution in [2.45, 2.75) is 44.1 Å². The number of imidazole rings is 1. The molecule has 0 unspecified atom stereocenters. The molecule has 7 heteroatoms. The Kier molecular flexibility index (Phi) is 8.70. The number of nitrogens with one attached hydrogen (secondary N) is 1. The number of aromatic nitrogens is 2. The summed E-state index contributed by atoms with van der Waals surface area (Å²) in [5.41, 5.74) is 2.57. The van der Waals surface area contributed by atoms with Crippen molar-refractivity contribution in [3.63, 3.8) is 0 Å². The minimum Gasteiger partial charge on any atom is -0.374 e. The van der Waals surface area contributed by atoms with Crippen LogP contribution in [0.25, 0.3) is 0 Å². The van der Waals surface area contributed by atoms with Gasteiger partial charge in [-0.25, -0.2) is 4.98 Å². The van der Waals surface area contributed by atoms with E-state index in [9.17, 15) is 0 Å². The van der Waals surface area contributed by atoms with Crippen LogP contribution in [0.4, 0.5) is 0 Å². The number of benzene rings is 1. The maximum absolute atomic E-state index is 5.92. The second kappa shape index (κ2) is 10.8. The number of nitrogens with zero attached hydrogens (tertiary/aromatic N) is 1. The average molecular weight is 381 g/mol. The Hall–Kier alpha value is -1.12. The van der Waals surface area contributed by atoms with Gasteiger partial charge >= 0.3 is 8.80 Å². The smallest absolute Gasteiger partial charge is 0.374 e. The number of rotatable bonds is 12. The average Bonchev–Trinajstić information content (AvgIpc) is 3.13. The fraction of sp³-hybridized carbons (Fsp3) is 0.500. The molecule has 0 amide bonds. The molecule has 25 heavy (non-hydrogen) atoms. The highest BCUT2D eigenvalue weighted by atomic mass is 32.2. The van der Waals surface area contributed by atoms with Gasteiger partial charge in [0.15, 0.2) is 5.16 Å². The van der Waals surface area contributed by atoms with Crippen LogP contribution in [-0.2, 0) is 25.5 Å². The van der Waals surface area contributed by atoms with Gasteiger partial charge in [0, 0.05) is 44.0 Å². The van der Waals surface area contributed by atoms with E-state index in [0.717, 1.165) is 23.4 Å². The highest BCUT2D eigenvalue weighted by Gasteiger charge is 2.39. The quantitative estimate of drug-likeness (QED) is 0.440. The van der Waals surface area contributed by atoms with Gasteiger partial charge in [0.05, 0.1) is 0 Å². The first-order valence-corrected chi connectivity index (χ1v) is 11.7. The largest absolute Gasteiger partial charge is 0.501 e. The first kappa shape index (κ1) is 20.2. The van der Waals surface area contributed by atoms with E-state index >= 15 is 0 Å². The van der Waals surface area contributed by atoms with E-state index in [1.807, 2.05) is 27.0 Å². The summed E-state index contributed by atoms with van der Waals surface area (Å²) in [4.78, 5) is 7.33. The monoisotopic (exact) mass is 380 g/mol. The molecule has 0 radical (unpaired) electrons. The Labute approximate surface area is 155 Å². The normalized spacial score (nSPS) is 11.8. The van der Waals surface area contributed by atoms with Crippen molar-refractivity contribution >= 4 is 20.6 Å². The molecule has 0 aliphatic carbocycles. The van der Waals surface area contributed by atoms with Gasteiger partial charge in [-0.1, -0.05) is 36.0 Å². The highest BCUT2D eigenvalue weighted by Crippen LogP contribution is 2.22. The molecule has 1 aromatic heterocycles. The topological polar surface area (TPSA) is 56.4 Å². The van der Waals surface area contributed by atoms with E-state index in [1.54, 1.807) is 18.0 Å². The molecule has 138 valence electrons. The van der Waals surface area contributed by atoms with Crippen LogP contribution in [0.15, 0.2) is 41.8 Å². The maximum atomic E-state index is 5.92. The SMILES string of the molecule is CCO[Si](CCc1ccc(CSc2ncc[nH]2)cc1)(OCC)OCC. The Bertz CT molecular complexity index is 576. The second-order valence-electron chi connectivity index (χ2n) is 5.48. The first-order valence-electron chi connectivity index (χ1n) is 8.83. The van der Waals surface area contributed by atoms with Gasteiger partial charge < -0.3 is 18.3 Å². The van der Waals surface area contributed by atoms with E-state index in [-0.39, 0.29) is 0 Å². The van der Waals surface area contributed by atoms with Crippen LogP contribution in [0.1, 0.15) is 31.9 Å². The van der Waals surface area contributed by atoms with Crippen molar-refractivity contribution in [3.8, 4) is 0 Å². The first-order chi connectivity index (χ1) is 12.2. The minimum absolute atomic E-state index is 0.620. The molecular formula is C18H28N2O3SSi. The summed E-state index contributed by atoms with van der Waals surface area (Å²) < 4.78 is 17.7. The molecule has 0 saturated heterocycles. The van der Waals surface area contributed by atoms with E-state index in [1.165, 1.54) is 11.1 Å². The van der Waals surface area contributed by atoms with Crippen LogP contribution >= 0.6 is 11.8 Å². The van der Waals surface area contributed by atoms with Crippen LogP contribution < -0.4 is 0 Å². The lowest BCUT2D eigenvalue weighted by Crippen LogP contribution is -2.46. The van der Waals surface area contributed by atoms with Gasteiger partial charge in [0.1, 0.15) is 0 Å². The molecule has 0 aliphatic heterocycles. The Balaban J connectivity index is 1.90. The van der Waals surface area contributed by atoms with Crippen molar-refractivity contribution < 1.29 is 13.3 Å². The third kappa shape index (κ3) is 6.60. The van der Waals surface area contributed by atoms with Crippen LogP contribution in [0.2, 0.25) is 6.04 Å². The lowest BCUT2D eigenvalue weighted by atomic mass is 10.1. The summed E-state index contributed by atoms with van der Waals surface area (Å²) in [7, 11) is -2.56. The Morgan fingerprint density at radius 1 is 0.960 bits per heavy atom. The van der Waals surface area contributed by atoms with Crippen LogP contribution in [0.5, 0.6) is 0 Å². The van der Waals surface area contributed by atoms with Gasteiger partial charge in [-0.2, -0.15) is 0 Å². The number of hydrogen-bond donors (Lipinski definition) is 1. The molecule has 0 aliphatic rings. The number of thioether (sulfide) groups is 1. The second-order valence-corrected chi connectivity index (χ2v) is 9.18. The summed E-state index contributed by atoms with van der Waals surface area (Å²) in [6.45, 7) is 7.83. The summed E-state index contributed by atoms with van der Waals surface area (Å²) in [6.07, 6.45) is 4.52. The lowest BCUT2D eigenvalue weighted by Gasteiger charge is -2.28. The number of H-pyrrole nitrogens is 1. The Morgan fingerprint density at radius 2 is 1.56 bits per heavy atom. The molecule has 0 bridgehead atoms. The van der Waals surface area contributed by atoms with Crippen molar-refractivity contribution in [2.24, 2.45) is 0 Å². The highest BCUT2D eigenvalue weighted by molar-refractivity contribution is 7.98. The van der Waals surface area contributed by atoms with Crippen molar-refractivity contribution in [3.05, 3.63) is 47.8 Å². The fourth-order valence-corrected chi connectivity index (χ4v) is 5.96. The predicted molar refractivity (Wildman–Crippen MR) is 104 cm³/mol. The summed E-state index contributed by atoms with van der Waals surface area (Å²) in [5, 5.41) is 0.949. The molecular weight excluding hydrogens is 352 g/mol. The third-order valence-corrected chi connectivity index (χ3v) is 7.71. The summed E-state index contributed by atoms with van der Waals surface area (Å²) >= 11 is 1.70. The van der Waals surface area contributed by atoms with E-state index in [0.29, 0.717) is 19.8 Å². The van der Waals surface area contributed by atoms with Gasteiger partial charge in [-0.3, -0.25) is 0 Å². The number of hydrogen-bond acceptors (Lipinski definition) is 5. The predicted octanol–water partition coefficient (Wildman–Crippen LogP) is 4.29. The lowest BCUT2D eigenvalue weighted by molar-refractivity contribution is 0.0714. The molecule has 5 nitrogen and oxygen atoms in total.